The molecular formula is C24H24O6. The molecule has 0 spiro atoms. The Morgan fingerprint density at radius 2 is 1.43 bits per heavy atom. The van der Waals surface area contributed by atoms with Gasteiger partial charge in [0.25, 0.3) is 0 Å². The third kappa shape index (κ3) is 3.89. The van der Waals surface area contributed by atoms with Gasteiger partial charge < -0.3 is 23.7 Å². The van der Waals surface area contributed by atoms with Crippen molar-refractivity contribution < 1.29 is 28.5 Å². The SMILES string of the molecule is COC(=O)/C=C/c1c(OC)ccc2c(-c3cc(OC)c(OC)c(OC)c3)cccc12. The van der Waals surface area contributed by atoms with Gasteiger partial charge in [0.2, 0.25) is 5.75 Å². The van der Waals surface area contributed by atoms with Crippen LogP contribution in [0.25, 0.3) is 28.0 Å². The van der Waals surface area contributed by atoms with Gasteiger partial charge in [-0.3, -0.25) is 0 Å². The predicted octanol–water partition coefficient (Wildman–Crippen LogP) is 4.73. The van der Waals surface area contributed by atoms with Gasteiger partial charge in [0.05, 0.1) is 35.5 Å². The molecule has 0 aliphatic rings. The Bertz CT molecular complexity index is 1080. The highest BCUT2D eigenvalue weighted by molar-refractivity contribution is 6.03. The van der Waals surface area contributed by atoms with Gasteiger partial charge in [0, 0.05) is 11.6 Å². The van der Waals surface area contributed by atoms with E-state index in [1.807, 2.05) is 42.5 Å². The van der Waals surface area contributed by atoms with Crippen LogP contribution in [0.15, 0.2) is 48.5 Å². The Labute approximate surface area is 175 Å². The molecule has 30 heavy (non-hydrogen) atoms. The molecule has 0 saturated heterocycles. The summed E-state index contributed by atoms with van der Waals surface area (Å²) < 4.78 is 26.7. The molecule has 3 aromatic carbocycles. The first-order valence-electron chi connectivity index (χ1n) is 9.24. The highest BCUT2D eigenvalue weighted by Gasteiger charge is 2.16. The fraction of sp³-hybridized carbons (Fsp3) is 0.208. The highest BCUT2D eigenvalue weighted by atomic mass is 16.5. The van der Waals surface area contributed by atoms with E-state index in [9.17, 15) is 4.79 Å². The van der Waals surface area contributed by atoms with Crippen molar-refractivity contribution >= 4 is 22.8 Å². The molecule has 0 unspecified atom stereocenters. The van der Waals surface area contributed by atoms with E-state index in [2.05, 4.69) is 0 Å². The number of benzene rings is 3. The van der Waals surface area contributed by atoms with Gasteiger partial charge in [-0.25, -0.2) is 4.79 Å². The Morgan fingerprint density at radius 3 is 2.00 bits per heavy atom. The van der Waals surface area contributed by atoms with Crippen LogP contribution in [0.1, 0.15) is 5.56 Å². The van der Waals surface area contributed by atoms with E-state index in [-0.39, 0.29) is 0 Å². The second-order valence-corrected chi connectivity index (χ2v) is 6.35. The lowest BCUT2D eigenvalue weighted by atomic mass is 9.94. The van der Waals surface area contributed by atoms with Gasteiger partial charge >= 0.3 is 5.97 Å². The minimum Gasteiger partial charge on any atom is -0.496 e. The number of methoxy groups -OCH3 is 5. The minimum absolute atomic E-state index is 0.435. The third-order valence-electron chi connectivity index (χ3n) is 4.85. The van der Waals surface area contributed by atoms with E-state index in [0.717, 1.165) is 27.5 Å². The summed E-state index contributed by atoms with van der Waals surface area (Å²) in [6.07, 6.45) is 3.08. The molecule has 0 atom stereocenters. The average molecular weight is 408 g/mol. The van der Waals surface area contributed by atoms with Crippen LogP contribution in [0.3, 0.4) is 0 Å². The summed E-state index contributed by atoms with van der Waals surface area (Å²) in [4.78, 5) is 11.6. The van der Waals surface area contributed by atoms with Gasteiger partial charge in [-0.15, -0.1) is 0 Å². The number of esters is 1. The molecule has 0 N–H and O–H groups in total. The van der Waals surface area contributed by atoms with Gasteiger partial charge in [-0.2, -0.15) is 0 Å². The molecule has 156 valence electrons. The second kappa shape index (κ2) is 9.22. The summed E-state index contributed by atoms with van der Waals surface area (Å²) in [5.74, 6) is 1.90. The Morgan fingerprint density at radius 1 is 0.767 bits per heavy atom. The van der Waals surface area contributed by atoms with Crippen LogP contribution in [0, 0.1) is 0 Å². The summed E-state index contributed by atoms with van der Waals surface area (Å²) >= 11 is 0. The summed E-state index contributed by atoms with van der Waals surface area (Å²) in [5, 5.41) is 1.91. The molecular weight excluding hydrogens is 384 g/mol. The zero-order valence-corrected chi connectivity index (χ0v) is 17.6. The van der Waals surface area contributed by atoms with Crippen LogP contribution < -0.4 is 18.9 Å². The van der Waals surface area contributed by atoms with E-state index >= 15 is 0 Å². The maximum atomic E-state index is 11.6. The van der Waals surface area contributed by atoms with Crippen molar-refractivity contribution in [3.63, 3.8) is 0 Å². The third-order valence-corrected chi connectivity index (χ3v) is 4.85. The normalized spacial score (nSPS) is 10.8. The summed E-state index contributed by atoms with van der Waals surface area (Å²) in [7, 11) is 7.69. The fourth-order valence-electron chi connectivity index (χ4n) is 3.42. The van der Waals surface area contributed by atoms with Crippen LogP contribution >= 0.6 is 0 Å². The standard InChI is InChI=1S/C24H24O6/c1-26-20-11-9-18-16(7-6-8-17(18)19(20)10-12-23(25)29-4)15-13-21(27-2)24(30-5)22(14-15)28-3/h6-14H,1-5H3/b12-10+. The molecule has 0 aromatic heterocycles. The van der Waals surface area contributed by atoms with E-state index in [1.54, 1.807) is 34.5 Å². The summed E-state index contributed by atoms with van der Waals surface area (Å²) in [6.45, 7) is 0. The van der Waals surface area contributed by atoms with E-state index in [0.29, 0.717) is 23.0 Å². The molecule has 0 heterocycles. The molecule has 3 aromatic rings. The topological polar surface area (TPSA) is 63.2 Å². The van der Waals surface area contributed by atoms with Crippen molar-refractivity contribution in [3.8, 4) is 34.1 Å². The van der Waals surface area contributed by atoms with E-state index < -0.39 is 5.97 Å². The first kappa shape index (κ1) is 21.0. The van der Waals surface area contributed by atoms with Crippen molar-refractivity contribution in [2.24, 2.45) is 0 Å². The predicted molar refractivity (Wildman–Crippen MR) is 117 cm³/mol. The lowest BCUT2D eigenvalue weighted by molar-refractivity contribution is -0.134. The molecule has 0 aliphatic heterocycles. The van der Waals surface area contributed by atoms with Gasteiger partial charge in [0.1, 0.15) is 5.75 Å². The van der Waals surface area contributed by atoms with E-state index in [4.69, 9.17) is 23.7 Å². The maximum absolute atomic E-state index is 11.6. The molecule has 6 heteroatoms. The molecule has 0 amide bonds. The molecule has 3 rings (SSSR count). The van der Waals surface area contributed by atoms with Crippen molar-refractivity contribution in [2.75, 3.05) is 35.5 Å². The van der Waals surface area contributed by atoms with Crippen molar-refractivity contribution in [2.45, 2.75) is 0 Å². The molecule has 6 nitrogen and oxygen atoms in total. The van der Waals surface area contributed by atoms with Crippen molar-refractivity contribution in [1.29, 1.82) is 0 Å². The minimum atomic E-state index is -0.435. The molecule has 0 radical (unpaired) electrons. The van der Waals surface area contributed by atoms with Gasteiger partial charge in [-0.05, 0) is 46.2 Å². The fourth-order valence-corrected chi connectivity index (χ4v) is 3.42. The number of hydrogen-bond acceptors (Lipinski definition) is 6. The molecule has 0 saturated carbocycles. The summed E-state index contributed by atoms with van der Waals surface area (Å²) in [5.41, 5.74) is 2.67. The second-order valence-electron chi connectivity index (χ2n) is 6.35. The Balaban J connectivity index is 2.27. The lowest BCUT2D eigenvalue weighted by Crippen LogP contribution is -1.96. The smallest absolute Gasteiger partial charge is 0.330 e. The Kier molecular flexibility index (Phi) is 6.47. The van der Waals surface area contributed by atoms with Crippen molar-refractivity contribution in [1.82, 2.24) is 0 Å². The van der Waals surface area contributed by atoms with Crippen molar-refractivity contribution in [3.05, 3.63) is 54.1 Å². The van der Waals surface area contributed by atoms with Crippen LogP contribution in [-0.4, -0.2) is 41.5 Å². The largest absolute Gasteiger partial charge is 0.496 e. The first-order chi connectivity index (χ1) is 14.6. The average Bonchev–Trinajstić information content (AvgIpc) is 2.80. The number of ether oxygens (including phenoxy) is 5. The van der Waals surface area contributed by atoms with Gasteiger partial charge in [-0.1, -0.05) is 24.3 Å². The van der Waals surface area contributed by atoms with Crippen LogP contribution in [0.5, 0.6) is 23.0 Å². The van der Waals surface area contributed by atoms with E-state index in [1.165, 1.54) is 13.2 Å². The van der Waals surface area contributed by atoms with Gasteiger partial charge in [0.15, 0.2) is 11.5 Å². The lowest BCUT2D eigenvalue weighted by Gasteiger charge is -2.16. The Hall–Kier alpha value is -3.67. The number of fused-ring (bicyclic) bond motifs is 1. The molecule has 0 fully saturated rings. The zero-order valence-electron chi connectivity index (χ0n) is 17.6. The van der Waals surface area contributed by atoms with Crippen LogP contribution in [-0.2, 0) is 9.53 Å². The molecule has 0 aliphatic carbocycles. The highest BCUT2D eigenvalue weighted by Crippen LogP contribution is 2.43. The number of hydrogen-bond donors (Lipinski definition) is 0. The number of carbonyl (C=O) groups excluding carboxylic acids is 1. The van der Waals surface area contributed by atoms with Crippen LogP contribution in [0.2, 0.25) is 0 Å². The summed E-state index contributed by atoms with van der Waals surface area (Å²) in [6, 6.07) is 13.6. The zero-order chi connectivity index (χ0) is 21.7. The molecule has 0 bridgehead atoms. The first-order valence-corrected chi connectivity index (χ1v) is 9.24. The number of carbonyl (C=O) groups is 1. The monoisotopic (exact) mass is 408 g/mol. The number of rotatable bonds is 7. The van der Waals surface area contributed by atoms with Crippen LogP contribution in [0.4, 0.5) is 0 Å². The quantitative estimate of drug-likeness (QED) is 0.416. The maximum Gasteiger partial charge on any atom is 0.330 e.